The van der Waals surface area contributed by atoms with Crippen molar-refractivity contribution in [3.63, 3.8) is 0 Å². The molecule has 0 saturated heterocycles. The van der Waals surface area contributed by atoms with E-state index < -0.39 is 11.2 Å². The molecule has 1 amide bonds. The molecule has 0 aliphatic heterocycles. The SMILES string of the molecule is CCCCn1c(N)c(N(C)C(=O)CCCOc2ccccc2)c(=O)[nH]c1=O. The molecule has 1 aromatic heterocycles. The second-order valence-electron chi connectivity index (χ2n) is 6.22. The van der Waals surface area contributed by atoms with E-state index in [1.807, 2.05) is 37.3 Å². The number of carbonyl (C=O) groups excluding carboxylic acids is 1. The Kier molecular flexibility index (Phi) is 7.22. The number of anilines is 2. The van der Waals surface area contributed by atoms with Gasteiger partial charge in [0, 0.05) is 20.0 Å². The minimum absolute atomic E-state index is 0.000296. The van der Waals surface area contributed by atoms with Gasteiger partial charge in [-0.05, 0) is 25.0 Å². The van der Waals surface area contributed by atoms with E-state index in [0.717, 1.165) is 18.6 Å². The summed E-state index contributed by atoms with van der Waals surface area (Å²) in [5.41, 5.74) is 4.79. The molecule has 0 spiro atoms. The highest BCUT2D eigenvalue weighted by molar-refractivity contribution is 5.94. The van der Waals surface area contributed by atoms with Crippen LogP contribution >= 0.6 is 0 Å². The number of hydrogen-bond acceptors (Lipinski definition) is 5. The van der Waals surface area contributed by atoms with Crippen molar-refractivity contribution in [2.75, 3.05) is 24.3 Å². The van der Waals surface area contributed by atoms with Gasteiger partial charge in [-0.1, -0.05) is 31.5 Å². The van der Waals surface area contributed by atoms with Gasteiger partial charge in [0.2, 0.25) is 5.91 Å². The lowest BCUT2D eigenvalue weighted by Crippen LogP contribution is -2.39. The molecule has 8 heteroatoms. The summed E-state index contributed by atoms with van der Waals surface area (Å²) in [5, 5.41) is 0. The number of nitrogens with one attached hydrogen (secondary N) is 1. The molecule has 27 heavy (non-hydrogen) atoms. The van der Waals surface area contributed by atoms with Gasteiger partial charge < -0.3 is 15.4 Å². The van der Waals surface area contributed by atoms with Gasteiger partial charge >= 0.3 is 5.69 Å². The molecule has 0 saturated carbocycles. The van der Waals surface area contributed by atoms with Crippen LogP contribution in [0.5, 0.6) is 5.75 Å². The summed E-state index contributed by atoms with van der Waals surface area (Å²) in [7, 11) is 1.48. The molecule has 0 radical (unpaired) electrons. The second kappa shape index (κ2) is 9.61. The van der Waals surface area contributed by atoms with Gasteiger partial charge in [0.05, 0.1) is 6.61 Å². The highest BCUT2D eigenvalue weighted by atomic mass is 16.5. The van der Waals surface area contributed by atoms with Crippen molar-refractivity contribution in [3.8, 4) is 5.75 Å². The highest BCUT2D eigenvalue weighted by Crippen LogP contribution is 2.17. The van der Waals surface area contributed by atoms with Crippen molar-refractivity contribution >= 4 is 17.4 Å². The van der Waals surface area contributed by atoms with Crippen LogP contribution in [0.25, 0.3) is 0 Å². The fourth-order valence-electron chi connectivity index (χ4n) is 2.66. The molecule has 2 rings (SSSR count). The Labute approximate surface area is 157 Å². The van der Waals surface area contributed by atoms with E-state index in [-0.39, 0.29) is 23.8 Å². The molecule has 0 aliphatic rings. The van der Waals surface area contributed by atoms with Crippen LogP contribution in [-0.2, 0) is 11.3 Å². The standard InChI is InChI=1S/C19H26N4O4/c1-3-4-12-23-17(20)16(18(25)21-19(23)26)22(2)15(24)11-8-13-27-14-9-6-5-7-10-14/h5-7,9-10H,3-4,8,11-13,20H2,1-2H3,(H,21,25,26). The first kappa shape index (κ1) is 20.3. The minimum Gasteiger partial charge on any atom is -0.494 e. The number of para-hydroxylation sites is 1. The van der Waals surface area contributed by atoms with E-state index in [1.165, 1.54) is 16.5 Å². The van der Waals surface area contributed by atoms with Gasteiger partial charge in [0.25, 0.3) is 5.56 Å². The lowest BCUT2D eigenvalue weighted by Gasteiger charge is -2.20. The van der Waals surface area contributed by atoms with Gasteiger partial charge in [-0.3, -0.25) is 19.1 Å². The summed E-state index contributed by atoms with van der Waals surface area (Å²) >= 11 is 0. The minimum atomic E-state index is -0.665. The number of benzene rings is 1. The zero-order valence-corrected chi connectivity index (χ0v) is 15.7. The molecule has 0 fully saturated rings. The van der Waals surface area contributed by atoms with E-state index >= 15 is 0 Å². The van der Waals surface area contributed by atoms with E-state index in [9.17, 15) is 14.4 Å². The molecule has 0 atom stereocenters. The first-order valence-corrected chi connectivity index (χ1v) is 9.02. The van der Waals surface area contributed by atoms with Gasteiger partial charge in [0.1, 0.15) is 11.6 Å². The number of amides is 1. The van der Waals surface area contributed by atoms with Crippen molar-refractivity contribution in [1.29, 1.82) is 0 Å². The van der Waals surface area contributed by atoms with Crippen LogP contribution in [0.15, 0.2) is 39.9 Å². The van der Waals surface area contributed by atoms with Crippen LogP contribution in [0.2, 0.25) is 0 Å². The zero-order valence-electron chi connectivity index (χ0n) is 15.7. The number of hydrogen-bond donors (Lipinski definition) is 2. The zero-order chi connectivity index (χ0) is 19.8. The molecule has 146 valence electrons. The molecule has 1 aromatic carbocycles. The summed E-state index contributed by atoms with van der Waals surface area (Å²) < 4.78 is 6.85. The summed E-state index contributed by atoms with van der Waals surface area (Å²) in [5.74, 6) is 0.472. The Balaban J connectivity index is 2.03. The van der Waals surface area contributed by atoms with Crippen LogP contribution in [-0.4, -0.2) is 29.1 Å². The van der Waals surface area contributed by atoms with Gasteiger partial charge in [-0.25, -0.2) is 4.79 Å². The number of nitrogen functional groups attached to an aromatic ring is 1. The van der Waals surface area contributed by atoms with Crippen molar-refractivity contribution in [2.24, 2.45) is 0 Å². The largest absolute Gasteiger partial charge is 0.494 e. The van der Waals surface area contributed by atoms with Gasteiger partial charge in [-0.15, -0.1) is 0 Å². The fourth-order valence-corrected chi connectivity index (χ4v) is 2.66. The molecule has 1 heterocycles. The summed E-state index contributed by atoms with van der Waals surface area (Å²) in [6.07, 6.45) is 2.29. The third-order valence-corrected chi connectivity index (χ3v) is 4.21. The number of H-pyrrole nitrogens is 1. The molecule has 8 nitrogen and oxygen atoms in total. The summed E-state index contributed by atoms with van der Waals surface area (Å²) in [4.78, 5) is 40.0. The molecule has 0 unspecified atom stereocenters. The Morgan fingerprint density at radius 1 is 1.22 bits per heavy atom. The highest BCUT2D eigenvalue weighted by Gasteiger charge is 2.20. The van der Waals surface area contributed by atoms with Gasteiger partial charge in [-0.2, -0.15) is 0 Å². The molecular weight excluding hydrogens is 348 g/mol. The van der Waals surface area contributed by atoms with Gasteiger partial charge in [0.15, 0.2) is 5.69 Å². The van der Waals surface area contributed by atoms with Crippen molar-refractivity contribution in [2.45, 2.75) is 39.2 Å². The van der Waals surface area contributed by atoms with E-state index in [0.29, 0.717) is 19.6 Å². The maximum Gasteiger partial charge on any atom is 0.330 e. The Morgan fingerprint density at radius 3 is 2.59 bits per heavy atom. The first-order chi connectivity index (χ1) is 13.0. The average Bonchev–Trinajstić information content (AvgIpc) is 2.65. The molecular formula is C19H26N4O4. The monoisotopic (exact) mass is 374 g/mol. The quantitative estimate of drug-likeness (QED) is 0.650. The Hall–Kier alpha value is -3.03. The normalized spacial score (nSPS) is 10.6. The van der Waals surface area contributed by atoms with Crippen LogP contribution in [0.3, 0.4) is 0 Å². The predicted molar refractivity (Wildman–Crippen MR) is 105 cm³/mol. The third-order valence-electron chi connectivity index (χ3n) is 4.21. The topological polar surface area (TPSA) is 110 Å². The van der Waals surface area contributed by atoms with E-state index in [2.05, 4.69) is 4.98 Å². The molecule has 3 N–H and O–H groups in total. The van der Waals surface area contributed by atoms with Crippen LogP contribution in [0.4, 0.5) is 11.5 Å². The molecule has 0 bridgehead atoms. The van der Waals surface area contributed by atoms with Crippen molar-refractivity contribution in [3.05, 3.63) is 51.2 Å². The van der Waals surface area contributed by atoms with Crippen molar-refractivity contribution < 1.29 is 9.53 Å². The molecule has 0 aliphatic carbocycles. The van der Waals surface area contributed by atoms with E-state index in [1.54, 1.807) is 0 Å². The number of ether oxygens (including phenoxy) is 1. The Morgan fingerprint density at radius 2 is 1.93 bits per heavy atom. The number of unbranched alkanes of at least 4 members (excludes halogenated alkanes) is 1. The smallest absolute Gasteiger partial charge is 0.330 e. The number of aromatic nitrogens is 2. The predicted octanol–water partition coefficient (Wildman–Crippen LogP) is 1.74. The maximum atomic E-state index is 12.4. The Bertz CT molecular complexity index is 874. The summed E-state index contributed by atoms with van der Waals surface area (Å²) in [6, 6.07) is 9.32. The molecule has 2 aromatic rings. The van der Waals surface area contributed by atoms with Crippen LogP contribution in [0.1, 0.15) is 32.6 Å². The number of aromatic amines is 1. The van der Waals surface area contributed by atoms with Crippen LogP contribution < -0.4 is 26.6 Å². The average molecular weight is 374 g/mol. The number of carbonyl (C=O) groups is 1. The third kappa shape index (κ3) is 5.22. The second-order valence-corrected chi connectivity index (χ2v) is 6.22. The lowest BCUT2D eigenvalue weighted by atomic mass is 10.2. The van der Waals surface area contributed by atoms with Crippen molar-refractivity contribution in [1.82, 2.24) is 9.55 Å². The van der Waals surface area contributed by atoms with E-state index in [4.69, 9.17) is 10.5 Å². The summed E-state index contributed by atoms with van der Waals surface area (Å²) in [6.45, 7) is 2.75. The number of nitrogens with two attached hydrogens (primary N) is 1. The maximum absolute atomic E-state index is 12.4. The fraction of sp³-hybridized carbons (Fsp3) is 0.421. The number of rotatable bonds is 9. The lowest BCUT2D eigenvalue weighted by molar-refractivity contribution is -0.118. The number of nitrogens with zero attached hydrogens (tertiary/aromatic N) is 2. The van der Waals surface area contributed by atoms with Crippen LogP contribution in [0, 0.1) is 0 Å². The first-order valence-electron chi connectivity index (χ1n) is 9.02.